The summed E-state index contributed by atoms with van der Waals surface area (Å²) in [5.41, 5.74) is 5.95. The van der Waals surface area contributed by atoms with Crippen LogP contribution in [0.5, 0.6) is 0 Å². The van der Waals surface area contributed by atoms with Crippen LogP contribution in [0.2, 0.25) is 0 Å². The lowest BCUT2D eigenvalue weighted by molar-refractivity contribution is -0.384. The molecule has 152 valence electrons. The summed E-state index contributed by atoms with van der Waals surface area (Å²) in [5, 5.41) is 11.4. The fourth-order valence-electron chi connectivity index (χ4n) is 4.20. The topological polar surface area (TPSA) is 73.1 Å². The molecule has 0 saturated heterocycles. The lowest BCUT2D eigenvalue weighted by atomic mass is 9.87. The van der Waals surface area contributed by atoms with Crippen LogP contribution in [0.4, 0.5) is 10.1 Å². The van der Waals surface area contributed by atoms with Crippen molar-refractivity contribution < 1.29 is 14.1 Å². The van der Waals surface area contributed by atoms with Gasteiger partial charge in [-0.25, -0.2) is 4.39 Å². The molecule has 1 aliphatic carbocycles. The molecule has 0 spiro atoms. The molecule has 0 radical (unpaired) electrons. The maximum Gasteiger partial charge on any atom is 0.270 e. The predicted molar refractivity (Wildman–Crippen MR) is 113 cm³/mol. The second-order valence-corrected chi connectivity index (χ2v) is 7.84. The van der Waals surface area contributed by atoms with Crippen molar-refractivity contribution in [3.05, 3.63) is 80.8 Å². The summed E-state index contributed by atoms with van der Waals surface area (Å²) < 4.78 is 13.6. The van der Waals surface area contributed by atoms with Crippen molar-refractivity contribution in [3.63, 3.8) is 0 Å². The predicted octanol–water partition coefficient (Wildman–Crippen LogP) is 5.89. The molecule has 1 aliphatic rings. The maximum atomic E-state index is 13.6. The first-order valence-electron chi connectivity index (χ1n) is 9.96. The van der Waals surface area contributed by atoms with Crippen LogP contribution >= 0.6 is 0 Å². The van der Waals surface area contributed by atoms with E-state index in [2.05, 4.69) is 0 Å². The number of fused-ring (bicyclic) bond motifs is 3. The number of benzene rings is 2. The van der Waals surface area contributed by atoms with Crippen LogP contribution in [0.15, 0.2) is 42.5 Å². The summed E-state index contributed by atoms with van der Waals surface area (Å²) in [6.45, 7) is 3.92. The van der Waals surface area contributed by atoms with Crippen LogP contribution in [-0.4, -0.2) is 16.2 Å². The van der Waals surface area contributed by atoms with E-state index in [0.29, 0.717) is 23.4 Å². The molecule has 6 heteroatoms. The minimum atomic E-state index is -0.408. The first-order valence-corrected chi connectivity index (χ1v) is 9.96. The summed E-state index contributed by atoms with van der Waals surface area (Å²) in [4.78, 5) is 28.0. The number of aromatic nitrogens is 1. The molecule has 0 N–H and O–H groups in total. The number of hydrogen-bond acceptors (Lipinski definition) is 4. The van der Waals surface area contributed by atoms with Gasteiger partial charge < -0.3 is 0 Å². The van der Waals surface area contributed by atoms with Crippen LogP contribution in [0, 0.1) is 15.9 Å². The Kier molecular flexibility index (Phi) is 5.16. The van der Waals surface area contributed by atoms with Crippen molar-refractivity contribution in [3.8, 4) is 22.4 Å². The van der Waals surface area contributed by atoms with Gasteiger partial charge in [-0.3, -0.25) is 19.9 Å². The fraction of sp³-hybridized carbons (Fsp3) is 0.250. The third kappa shape index (κ3) is 3.38. The zero-order valence-corrected chi connectivity index (χ0v) is 16.8. The largest absolute Gasteiger partial charge is 0.298 e. The van der Waals surface area contributed by atoms with Gasteiger partial charge in [0.15, 0.2) is 6.29 Å². The highest BCUT2D eigenvalue weighted by Crippen LogP contribution is 2.41. The zero-order valence-electron chi connectivity index (χ0n) is 16.8. The molecule has 0 fully saturated rings. The van der Waals surface area contributed by atoms with Crippen LogP contribution in [0.3, 0.4) is 0 Å². The number of nitro benzene ring substituents is 1. The Balaban J connectivity index is 2.10. The quantitative estimate of drug-likeness (QED) is 0.309. The van der Waals surface area contributed by atoms with E-state index >= 15 is 0 Å². The minimum absolute atomic E-state index is 0.0114. The second kappa shape index (κ2) is 7.78. The molecule has 0 amide bonds. The summed E-state index contributed by atoms with van der Waals surface area (Å²) in [7, 11) is 0. The SMILES string of the molecule is CC(C)c1nc2c(c(-c3ccc(F)cc3)c1C=O)CCCc1ccc([N+](=O)[O-])cc1-2. The summed E-state index contributed by atoms with van der Waals surface area (Å²) in [6, 6.07) is 11.0. The molecule has 3 aromatic rings. The average Bonchev–Trinajstić information content (AvgIpc) is 2.91. The number of nitrogens with zero attached hydrogens (tertiary/aromatic N) is 2. The van der Waals surface area contributed by atoms with Crippen molar-refractivity contribution in [2.75, 3.05) is 0 Å². The van der Waals surface area contributed by atoms with E-state index < -0.39 is 4.92 Å². The molecule has 2 aromatic carbocycles. The lowest BCUT2D eigenvalue weighted by Crippen LogP contribution is -2.08. The maximum absolute atomic E-state index is 13.6. The van der Waals surface area contributed by atoms with Crippen molar-refractivity contribution in [2.45, 2.75) is 39.0 Å². The Bertz CT molecular complexity index is 1150. The normalized spacial score (nSPS) is 12.8. The molecule has 1 aromatic heterocycles. The number of nitro groups is 1. The summed E-state index contributed by atoms with van der Waals surface area (Å²) in [6.07, 6.45) is 3.09. The first-order chi connectivity index (χ1) is 14.4. The van der Waals surface area contributed by atoms with Crippen molar-refractivity contribution in [1.82, 2.24) is 4.98 Å². The Labute approximate surface area is 173 Å². The van der Waals surface area contributed by atoms with Crippen molar-refractivity contribution in [2.24, 2.45) is 0 Å². The molecule has 0 aliphatic heterocycles. The summed E-state index contributed by atoms with van der Waals surface area (Å²) in [5.74, 6) is -0.378. The highest BCUT2D eigenvalue weighted by Gasteiger charge is 2.26. The second-order valence-electron chi connectivity index (χ2n) is 7.84. The molecular weight excluding hydrogens is 383 g/mol. The number of aldehydes is 1. The smallest absolute Gasteiger partial charge is 0.270 e. The van der Waals surface area contributed by atoms with Gasteiger partial charge in [0.25, 0.3) is 5.69 Å². The molecule has 0 unspecified atom stereocenters. The molecule has 0 bridgehead atoms. The van der Waals surface area contributed by atoms with E-state index in [1.165, 1.54) is 18.2 Å². The Morgan fingerprint density at radius 2 is 1.87 bits per heavy atom. The number of rotatable bonds is 4. The Morgan fingerprint density at radius 1 is 1.13 bits per heavy atom. The van der Waals surface area contributed by atoms with Crippen LogP contribution in [-0.2, 0) is 12.8 Å². The Morgan fingerprint density at radius 3 is 2.50 bits per heavy atom. The van der Waals surface area contributed by atoms with Gasteiger partial charge in [-0.05, 0) is 59.6 Å². The minimum Gasteiger partial charge on any atom is -0.298 e. The van der Waals surface area contributed by atoms with Gasteiger partial charge >= 0.3 is 0 Å². The molecular formula is C24H21FN2O3. The third-order valence-corrected chi connectivity index (χ3v) is 5.60. The molecule has 0 saturated carbocycles. The lowest BCUT2D eigenvalue weighted by Gasteiger charge is -2.20. The van der Waals surface area contributed by atoms with Crippen LogP contribution in [0.25, 0.3) is 22.4 Å². The number of aryl methyl sites for hydroxylation is 1. The van der Waals surface area contributed by atoms with Gasteiger partial charge in [-0.1, -0.05) is 32.0 Å². The number of carbonyl (C=O) groups excluding carboxylic acids is 1. The van der Waals surface area contributed by atoms with Gasteiger partial charge in [-0.15, -0.1) is 0 Å². The number of halogens is 1. The molecule has 1 heterocycles. The van der Waals surface area contributed by atoms with E-state index in [0.717, 1.165) is 46.9 Å². The van der Waals surface area contributed by atoms with E-state index in [-0.39, 0.29) is 17.4 Å². The van der Waals surface area contributed by atoms with Gasteiger partial charge in [0.2, 0.25) is 0 Å². The van der Waals surface area contributed by atoms with Gasteiger partial charge in [0, 0.05) is 23.3 Å². The fourth-order valence-corrected chi connectivity index (χ4v) is 4.20. The van der Waals surface area contributed by atoms with E-state index in [1.807, 2.05) is 13.8 Å². The van der Waals surface area contributed by atoms with Crippen LogP contribution < -0.4 is 0 Å². The third-order valence-electron chi connectivity index (χ3n) is 5.60. The molecule has 30 heavy (non-hydrogen) atoms. The molecule has 4 rings (SSSR count). The van der Waals surface area contributed by atoms with Gasteiger partial charge in [0.1, 0.15) is 5.82 Å². The standard InChI is InChI=1S/C24H21FN2O3/c1-14(2)23-21(13-28)22(16-6-9-17(25)10-7-16)19-5-3-4-15-8-11-18(27(29)30)12-20(15)24(19)26-23/h6-14H,3-5H2,1-2H3. The highest BCUT2D eigenvalue weighted by atomic mass is 19.1. The van der Waals surface area contributed by atoms with E-state index in [9.17, 15) is 19.3 Å². The van der Waals surface area contributed by atoms with Crippen LogP contribution in [0.1, 0.15) is 53.4 Å². The number of non-ortho nitro benzene ring substituents is 1. The number of pyridine rings is 1. The first kappa shape index (κ1) is 19.9. The van der Waals surface area contributed by atoms with Crippen molar-refractivity contribution >= 4 is 12.0 Å². The number of hydrogen-bond donors (Lipinski definition) is 0. The van der Waals surface area contributed by atoms with E-state index in [4.69, 9.17) is 4.98 Å². The average molecular weight is 404 g/mol. The molecule has 0 atom stereocenters. The molecule has 5 nitrogen and oxygen atoms in total. The Hall–Kier alpha value is -3.41. The van der Waals surface area contributed by atoms with Gasteiger partial charge in [-0.2, -0.15) is 0 Å². The highest BCUT2D eigenvalue weighted by molar-refractivity contribution is 5.93. The zero-order chi connectivity index (χ0) is 21.4. The van der Waals surface area contributed by atoms with Crippen molar-refractivity contribution in [1.29, 1.82) is 0 Å². The monoisotopic (exact) mass is 404 g/mol. The summed E-state index contributed by atoms with van der Waals surface area (Å²) >= 11 is 0. The number of carbonyl (C=O) groups is 1. The van der Waals surface area contributed by atoms with Gasteiger partial charge in [0.05, 0.1) is 16.3 Å². The van der Waals surface area contributed by atoms with E-state index in [1.54, 1.807) is 24.3 Å².